The van der Waals surface area contributed by atoms with Gasteiger partial charge in [-0.15, -0.1) is 0 Å². The molecule has 0 unspecified atom stereocenters. The summed E-state index contributed by atoms with van der Waals surface area (Å²) in [7, 11) is 3.19. The maximum absolute atomic E-state index is 10.0. The highest BCUT2D eigenvalue weighted by molar-refractivity contribution is 5.76. The lowest BCUT2D eigenvalue weighted by molar-refractivity contribution is 0.391. The number of phenols is 3. The topological polar surface area (TPSA) is 79.2 Å². The van der Waals surface area contributed by atoms with Gasteiger partial charge in [-0.25, -0.2) is 0 Å². The van der Waals surface area contributed by atoms with Crippen LogP contribution in [-0.2, 0) is 6.42 Å². The lowest BCUT2D eigenvalue weighted by atomic mass is 9.97. The lowest BCUT2D eigenvalue weighted by Crippen LogP contribution is -1.98. The van der Waals surface area contributed by atoms with Crippen LogP contribution in [0.25, 0.3) is 12.2 Å². The molecule has 0 spiro atoms. The minimum atomic E-state index is -0.173. The Morgan fingerprint density at radius 3 is 2.21 bits per heavy atom. The standard InChI is InChI=1S/C23H22O5/c1-27-19-13-17(9-8-16-4-3-5-21(25)23(16)26)20(22(14-19)28-2)12-15-6-10-18(24)11-7-15/h3-11,13-14,24-26H,12H2,1-2H3. The first-order valence-electron chi connectivity index (χ1n) is 8.73. The van der Waals surface area contributed by atoms with E-state index in [4.69, 9.17) is 9.47 Å². The minimum Gasteiger partial charge on any atom is -0.508 e. The number of hydrogen-bond acceptors (Lipinski definition) is 5. The molecule has 0 aliphatic rings. The highest BCUT2D eigenvalue weighted by Crippen LogP contribution is 2.34. The van der Waals surface area contributed by atoms with Crippen LogP contribution in [-0.4, -0.2) is 29.5 Å². The maximum Gasteiger partial charge on any atom is 0.164 e. The van der Waals surface area contributed by atoms with Crippen molar-refractivity contribution in [2.24, 2.45) is 0 Å². The van der Waals surface area contributed by atoms with Crippen molar-refractivity contribution in [1.29, 1.82) is 0 Å². The number of methoxy groups -OCH3 is 2. The highest BCUT2D eigenvalue weighted by Gasteiger charge is 2.12. The molecule has 3 aromatic carbocycles. The van der Waals surface area contributed by atoms with Gasteiger partial charge in [0.15, 0.2) is 11.5 Å². The third-order valence-electron chi connectivity index (χ3n) is 4.48. The van der Waals surface area contributed by atoms with Gasteiger partial charge in [0.1, 0.15) is 17.2 Å². The number of para-hydroxylation sites is 1. The summed E-state index contributed by atoms with van der Waals surface area (Å²) in [5.74, 6) is 1.19. The van der Waals surface area contributed by atoms with Crippen molar-refractivity contribution in [3.8, 4) is 28.7 Å². The summed E-state index contributed by atoms with van der Waals surface area (Å²) in [5.41, 5.74) is 3.30. The van der Waals surface area contributed by atoms with E-state index < -0.39 is 0 Å². The average molecular weight is 378 g/mol. The Labute approximate surface area is 163 Å². The third-order valence-corrected chi connectivity index (χ3v) is 4.48. The molecule has 5 nitrogen and oxygen atoms in total. The molecule has 3 aromatic rings. The summed E-state index contributed by atoms with van der Waals surface area (Å²) in [6.07, 6.45) is 4.15. The summed E-state index contributed by atoms with van der Waals surface area (Å²) < 4.78 is 10.9. The Balaban J connectivity index is 2.05. The zero-order valence-corrected chi connectivity index (χ0v) is 15.7. The normalized spacial score (nSPS) is 10.9. The van der Waals surface area contributed by atoms with Crippen molar-refractivity contribution in [3.63, 3.8) is 0 Å². The van der Waals surface area contributed by atoms with Crippen LogP contribution in [0.3, 0.4) is 0 Å². The van der Waals surface area contributed by atoms with E-state index >= 15 is 0 Å². The minimum absolute atomic E-state index is 0.172. The predicted molar refractivity (Wildman–Crippen MR) is 109 cm³/mol. The van der Waals surface area contributed by atoms with E-state index in [0.29, 0.717) is 23.5 Å². The molecule has 0 atom stereocenters. The molecule has 0 bridgehead atoms. The second-order valence-corrected chi connectivity index (χ2v) is 6.29. The largest absolute Gasteiger partial charge is 0.508 e. The first-order chi connectivity index (χ1) is 13.5. The van der Waals surface area contributed by atoms with Gasteiger partial charge in [0.25, 0.3) is 0 Å². The third kappa shape index (κ3) is 4.20. The summed E-state index contributed by atoms with van der Waals surface area (Å²) in [6.45, 7) is 0. The zero-order valence-electron chi connectivity index (χ0n) is 15.7. The summed E-state index contributed by atoms with van der Waals surface area (Å²) >= 11 is 0. The molecule has 0 amide bonds. The number of benzene rings is 3. The van der Waals surface area contributed by atoms with Gasteiger partial charge in [0.2, 0.25) is 0 Å². The van der Waals surface area contributed by atoms with Gasteiger partial charge < -0.3 is 24.8 Å². The van der Waals surface area contributed by atoms with E-state index in [1.807, 2.05) is 30.3 Å². The Bertz CT molecular complexity index is 991. The van der Waals surface area contributed by atoms with Gasteiger partial charge in [-0.2, -0.15) is 0 Å². The second kappa shape index (κ2) is 8.39. The van der Waals surface area contributed by atoms with E-state index in [9.17, 15) is 15.3 Å². The fraction of sp³-hybridized carbons (Fsp3) is 0.130. The van der Waals surface area contributed by atoms with Gasteiger partial charge in [-0.1, -0.05) is 36.4 Å². The molecule has 0 aliphatic carbocycles. The molecular weight excluding hydrogens is 356 g/mol. The molecule has 0 saturated heterocycles. The molecule has 144 valence electrons. The molecule has 3 N–H and O–H groups in total. The molecule has 3 rings (SSSR count). The van der Waals surface area contributed by atoms with Crippen molar-refractivity contribution in [2.75, 3.05) is 14.2 Å². The molecule has 0 aliphatic heterocycles. The quantitative estimate of drug-likeness (QED) is 0.432. The SMILES string of the molecule is COc1cc(C=Cc2cccc(O)c2O)c(Cc2ccc(O)cc2)c(OC)c1. The van der Waals surface area contributed by atoms with Crippen molar-refractivity contribution in [2.45, 2.75) is 6.42 Å². The molecule has 0 fully saturated rings. The zero-order chi connectivity index (χ0) is 20.1. The summed E-state index contributed by atoms with van der Waals surface area (Å²) in [4.78, 5) is 0. The van der Waals surface area contributed by atoms with Crippen molar-refractivity contribution < 1.29 is 24.8 Å². The van der Waals surface area contributed by atoms with E-state index in [1.165, 1.54) is 6.07 Å². The van der Waals surface area contributed by atoms with E-state index in [1.54, 1.807) is 44.6 Å². The van der Waals surface area contributed by atoms with Gasteiger partial charge in [0.05, 0.1) is 14.2 Å². The molecule has 5 heteroatoms. The Hall–Kier alpha value is -3.60. The monoisotopic (exact) mass is 378 g/mol. The van der Waals surface area contributed by atoms with Crippen LogP contribution < -0.4 is 9.47 Å². The molecule has 28 heavy (non-hydrogen) atoms. The maximum atomic E-state index is 10.0. The van der Waals surface area contributed by atoms with E-state index in [0.717, 1.165) is 16.7 Å². The fourth-order valence-corrected chi connectivity index (χ4v) is 2.96. The summed E-state index contributed by atoms with van der Waals surface area (Å²) in [6, 6.07) is 15.5. The number of phenolic OH excluding ortho intramolecular Hbond substituents is 3. The Morgan fingerprint density at radius 2 is 1.54 bits per heavy atom. The average Bonchev–Trinajstić information content (AvgIpc) is 2.71. The Morgan fingerprint density at radius 1 is 0.821 bits per heavy atom. The van der Waals surface area contributed by atoms with Crippen LogP contribution in [0, 0.1) is 0 Å². The van der Waals surface area contributed by atoms with Crippen molar-refractivity contribution in [1.82, 2.24) is 0 Å². The van der Waals surface area contributed by atoms with Crippen molar-refractivity contribution in [3.05, 3.63) is 76.9 Å². The van der Waals surface area contributed by atoms with Crippen molar-refractivity contribution >= 4 is 12.2 Å². The lowest BCUT2D eigenvalue weighted by Gasteiger charge is -2.15. The van der Waals surface area contributed by atoms with Gasteiger partial charge in [-0.3, -0.25) is 0 Å². The van der Waals surface area contributed by atoms with Crippen LogP contribution in [0.4, 0.5) is 0 Å². The molecular formula is C23H22O5. The highest BCUT2D eigenvalue weighted by atomic mass is 16.5. The van der Waals surface area contributed by atoms with Crippen LogP contribution >= 0.6 is 0 Å². The smallest absolute Gasteiger partial charge is 0.164 e. The molecule has 0 saturated carbocycles. The fourth-order valence-electron chi connectivity index (χ4n) is 2.96. The van der Waals surface area contributed by atoms with Crippen LogP contribution in [0.15, 0.2) is 54.6 Å². The second-order valence-electron chi connectivity index (χ2n) is 6.29. The van der Waals surface area contributed by atoms with E-state index in [-0.39, 0.29) is 17.2 Å². The van der Waals surface area contributed by atoms with Gasteiger partial charge in [-0.05, 0) is 35.4 Å². The first-order valence-corrected chi connectivity index (χ1v) is 8.73. The van der Waals surface area contributed by atoms with Gasteiger partial charge >= 0.3 is 0 Å². The number of aromatic hydroxyl groups is 3. The summed E-state index contributed by atoms with van der Waals surface area (Å²) in [5, 5.41) is 29.2. The van der Waals surface area contributed by atoms with Crippen LogP contribution in [0.2, 0.25) is 0 Å². The molecule has 0 aromatic heterocycles. The van der Waals surface area contributed by atoms with Gasteiger partial charge in [0, 0.05) is 23.6 Å². The predicted octanol–water partition coefficient (Wildman–Crippen LogP) is 4.58. The molecule has 0 radical (unpaired) electrons. The number of ether oxygens (including phenoxy) is 2. The van der Waals surface area contributed by atoms with Crippen LogP contribution in [0.1, 0.15) is 22.3 Å². The van der Waals surface area contributed by atoms with Crippen LogP contribution in [0.5, 0.6) is 28.7 Å². The Kier molecular flexibility index (Phi) is 5.75. The number of hydrogen-bond donors (Lipinski definition) is 3. The molecule has 0 heterocycles. The van der Waals surface area contributed by atoms with E-state index in [2.05, 4.69) is 0 Å². The number of rotatable bonds is 6. The first kappa shape index (κ1) is 19.2.